The number of aromatic hydroxyl groups is 1. The van der Waals surface area contributed by atoms with Crippen molar-refractivity contribution in [3.8, 4) is 5.75 Å². The zero-order chi connectivity index (χ0) is 13.1. The molecule has 5 nitrogen and oxygen atoms in total. The highest BCUT2D eigenvalue weighted by molar-refractivity contribution is 7.71. The minimum Gasteiger partial charge on any atom is -0.507 e. The molecular formula is C11H11ClN4OS. The highest BCUT2D eigenvalue weighted by Crippen LogP contribution is 2.19. The monoisotopic (exact) mass is 282 g/mol. The van der Waals surface area contributed by atoms with E-state index in [0.29, 0.717) is 21.8 Å². The highest BCUT2D eigenvalue weighted by atomic mass is 35.5. The number of H-pyrrole nitrogens is 1. The second kappa shape index (κ2) is 5.32. The SMILES string of the molecule is CCc1n[nH]c(=S)n1/N=C/c1cc(Cl)ccc1O. The molecule has 0 aliphatic heterocycles. The number of benzene rings is 1. The van der Waals surface area contributed by atoms with Crippen molar-refractivity contribution >= 4 is 30.0 Å². The van der Waals surface area contributed by atoms with Gasteiger partial charge in [0.25, 0.3) is 0 Å². The molecule has 0 spiro atoms. The average Bonchev–Trinajstić information content (AvgIpc) is 2.71. The highest BCUT2D eigenvalue weighted by Gasteiger charge is 2.03. The molecule has 0 fully saturated rings. The molecule has 94 valence electrons. The zero-order valence-corrected chi connectivity index (χ0v) is 11.2. The molecule has 0 aliphatic carbocycles. The molecule has 0 saturated heterocycles. The van der Waals surface area contributed by atoms with Crippen molar-refractivity contribution in [2.75, 3.05) is 0 Å². The summed E-state index contributed by atoms with van der Waals surface area (Å²) in [5.41, 5.74) is 0.521. The van der Waals surface area contributed by atoms with Gasteiger partial charge in [-0.2, -0.15) is 14.9 Å². The van der Waals surface area contributed by atoms with E-state index in [1.165, 1.54) is 17.0 Å². The van der Waals surface area contributed by atoms with Crippen LogP contribution in [0.25, 0.3) is 0 Å². The Labute approximate surface area is 114 Å². The van der Waals surface area contributed by atoms with Gasteiger partial charge in [-0.1, -0.05) is 18.5 Å². The predicted octanol–water partition coefficient (Wildman–Crippen LogP) is 2.74. The number of hydrogen-bond donors (Lipinski definition) is 2. The summed E-state index contributed by atoms with van der Waals surface area (Å²) in [7, 11) is 0. The summed E-state index contributed by atoms with van der Waals surface area (Å²) in [6.45, 7) is 1.95. The third kappa shape index (κ3) is 2.60. The lowest BCUT2D eigenvalue weighted by molar-refractivity contribution is 0.474. The molecule has 18 heavy (non-hydrogen) atoms. The van der Waals surface area contributed by atoms with Gasteiger partial charge in [0.1, 0.15) is 5.75 Å². The van der Waals surface area contributed by atoms with Gasteiger partial charge in [-0.15, -0.1) is 0 Å². The van der Waals surface area contributed by atoms with Crippen molar-refractivity contribution in [2.24, 2.45) is 5.10 Å². The number of nitrogens with zero attached hydrogens (tertiary/aromatic N) is 3. The maximum absolute atomic E-state index is 9.65. The van der Waals surface area contributed by atoms with E-state index >= 15 is 0 Å². The molecule has 0 amide bonds. The van der Waals surface area contributed by atoms with Crippen LogP contribution in [0.15, 0.2) is 23.3 Å². The smallest absolute Gasteiger partial charge is 0.216 e. The summed E-state index contributed by atoms with van der Waals surface area (Å²) in [6.07, 6.45) is 2.19. The van der Waals surface area contributed by atoms with Crippen molar-refractivity contribution in [3.63, 3.8) is 0 Å². The molecule has 2 rings (SSSR count). The number of halogens is 1. The minimum absolute atomic E-state index is 0.108. The predicted molar refractivity (Wildman–Crippen MR) is 72.9 cm³/mol. The summed E-state index contributed by atoms with van der Waals surface area (Å²) >= 11 is 10.9. The van der Waals surface area contributed by atoms with Gasteiger partial charge < -0.3 is 5.11 Å². The number of nitrogens with one attached hydrogen (secondary N) is 1. The largest absolute Gasteiger partial charge is 0.507 e. The lowest BCUT2D eigenvalue weighted by atomic mass is 10.2. The van der Waals surface area contributed by atoms with Crippen LogP contribution in [0.3, 0.4) is 0 Å². The molecule has 0 radical (unpaired) electrons. The first-order valence-corrected chi connectivity index (χ1v) is 6.09. The molecule has 0 aliphatic rings. The second-order valence-electron chi connectivity index (χ2n) is 3.56. The number of rotatable bonds is 3. The van der Waals surface area contributed by atoms with Gasteiger partial charge in [0, 0.05) is 17.0 Å². The minimum atomic E-state index is 0.108. The Morgan fingerprint density at radius 2 is 2.39 bits per heavy atom. The molecule has 2 aromatic rings. The van der Waals surface area contributed by atoms with E-state index < -0.39 is 0 Å². The van der Waals surface area contributed by atoms with Gasteiger partial charge in [-0.3, -0.25) is 5.10 Å². The van der Waals surface area contributed by atoms with Crippen LogP contribution in [0, 0.1) is 4.77 Å². The van der Waals surface area contributed by atoms with E-state index in [9.17, 15) is 5.11 Å². The van der Waals surface area contributed by atoms with Gasteiger partial charge in [0.05, 0.1) is 6.21 Å². The second-order valence-corrected chi connectivity index (χ2v) is 4.38. The van der Waals surface area contributed by atoms with Crippen molar-refractivity contribution < 1.29 is 5.11 Å². The number of phenolic OH excluding ortho intramolecular Hbond substituents is 1. The third-order valence-electron chi connectivity index (χ3n) is 2.34. The van der Waals surface area contributed by atoms with Gasteiger partial charge in [-0.05, 0) is 30.4 Å². The van der Waals surface area contributed by atoms with Crippen molar-refractivity contribution in [3.05, 3.63) is 39.4 Å². The average molecular weight is 283 g/mol. The maximum atomic E-state index is 9.65. The Morgan fingerprint density at radius 3 is 3.11 bits per heavy atom. The summed E-state index contributed by atoms with van der Waals surface area (Å²) in [5.74, 6) is 0.828. The first-order chi connectivity index (χ1) is 8.61. The normalized spacial score (nSPS) is 11.2. The van der Waals surface area contributed by atoms with Gasteiger partial charge in [0.15, 0.2) is 5.82 Å². The van der Waals surface area contributed by atoms with Crippen LogP contribution in [0.5, 0.6) is 5.75 Å². The molecule has 0 saturated carbocycles. The van der Waals surface area contributed by atoms with E-state index in [1.54, 1.807) is 12.1 Å². The van der Waals surface area contributed by atoms with Crippen molar-refractivity contribution in [1.29, 1.82) is 0 Å². The molecule has 0 unspecified atom stereocenters. The lowest BCUT2D eigenvalue weighted by Crippen LogP contribution is -1.97. The zero-order valence-electron chi connectivity index (χ0n) is 9.59. The van der Waals surface area contributed by atoms with Crippen molar-refractivity contribution in [1.82, 2.24) is 14.9 Å². The molecule has 7 heteroatoms. The molecule has 1 aromatic heterocycles. The Balaban J connectivity index is 2.38. The summed E-state index contributed by atoms with van der Waals surface area (Å²) in [6, 6.07) is 4.74. The Morgan fingerprint density at radius 1 is 1.61 bits per heavy atom. The first-order valence-electron chi connectivity index (χ1n) is 5.31. The number of hydrogen-bond acceptors (Lipinski definition) is 4. The third-order valence-corrected chi connectivity index (χ3v) is 2.83. The fourth-order valence-electron chi connectivity index (χ4n) is 1.42. The van der Waals surface area contributed by atoms with Crippen molar-refractivity contribution in [2.45, 2.75) is 13.3 Å². The standard InChI is InChI=1S/C11H11ClN4OS/c1-2-10-14-15-11(18)16(10)13-6-7-5-8(12)3-4-9(7)17/h3-6,17H,2H2,1H3,(H,15,18)/b13-6+. The summed E-state index contributed by atoms with van der Waals surface area (Å²) in [5, 5.41) is 21.1. The summed E-state index contributed by atoms with van der Waals surface area (Å²) < 4.78 is 1.92. The van der Waals surface area contributed by atoms with Crippen LogP contribution in [0.4, 0.5) is 0 Å². The van der Waals surface area contributed by atoms with E-state index in [0.717, 1.165) is 5.82 Å². The lowest BCUT2D eigenvalue weighted by Gasteiger charge is -2.00. The van der Waals surface area contributed by atoms with Crippen LogP contribution in [0.1, 0.15) is 18.3 Å². The van der Waals surface area contributed by atoms with Crippen LogP contribution >= 0.6 is 23.8 Å². The topological polar surface area (TPSA) is 66.2 Å². The van der Waals surface area contributed by atoms with Crippen LogP contribution < -0.4 is 0 Å². The van der Waals surface area contributed by atoms with Crippen LogP contribution in [-0.4, -0.2) is 26.2 Å². The fraction of sp³-hybridized carbons (Fsp3) is 0.182. The number of aryl methyl sites for hydroxylation is 1. The quantitative estimate of drug-likeness (QED) is 0.672. The number of aromatic nitrogens is 3. The van der Waals surface area contributed by atoms with Gasteiger partial charge in [-0.25, -0.2) is 0 Å². The van der Waals surface area contributed by atoms with E-state index in [1.807, 2.05) is 6.92 Å². The molecule has 1 heterocycles. The maximum Gasteiger partial charge on any atom is 0.216 e. The van der Waals surface area contributed by atoms with Crippen LogP contribution in [0.2, 0.25) is 5.02 Å². The van der Waals surface area contributed by atoms with E-state index in [2.05, 4.69) is 15.3 Å². The molecule has 0 atom stereocenters. The molecule has 1 aromatic carbocycles. The van der Waals surface area contributed by atoms with E-state index in [-0.39, 0.29) is 5.75 Å². The number of phenols is 1. The fourth-order valence-corrected chi connectivity index (χ4v) is 1.80. The van der Waals surface area contributed by atoms with Gasteiger partial charge >= 0.3 is 0 Å². The molecule has 0 bridgehead atoms. The first kappa shape index (κ1) is 12.8. The Bertz CT molecular complexity index is 647. The molecular weight excluding hydrogens is 272 g/mol. The Hall–Kier alpha value is -1.66. The van der Waals surface area contributed by atoms with Gasteiger partial charge in [0.2, 0.25) is 4.77 Å². The van der Waals surface area contributed by atoms with E-state index in [4.69, 9.17) is 23.8 Å². The summed E-state index contributed by atoms with van der Waals surface area (Å²) in [4.78, 5) is 0. The number of aromatic amines is 1. The molecule has 2 N–H and O–H groups in total. The Kier molecular flexibility index (Phi) is 3.78. The van der Waals surface area contributed by atoms with Crippen LogP contribution in [-0.2, 0) is 6.42 Å².